The Morgan fingerprint density at radius 1 is 1.22 bits per heavy atom. The van der Waals surface area contributed by atoms with Crippen LogP contribution in [-0.4, -0.2) is 40.7 Å². The molecule has 5 nitrogen and oxygen atoms in total. The van der Waals surface area contributed by atoms with Gasteiger partial charge in [0.15, 0.2) is 0 Å². The zero-order chi connectivity index (χ0) is 13.6. The van der Waals surface area contributed by atoms with Gasteiger partial charge in [-0.25, -0.2) is 0 Å². The minimum Gasteiger partial charge on any atom is -0.394 e. The molecule has 0 aliphatic carbocycles. The second-order valence-electron chi connectivity index (χ2n) is 4.03. The summed E-state index contributed by atoms with van der Waals surface area (Å²) in [5.41, 5.74) is 0.0360. The number of hydrogen-bond donors (Lipinski definition) is 4. The minimum atomic E-state index is -1.14. The number of aliphatic hydroxyl groups excluding tert-OH is 3. The van der Waals surface area contributed by atoms with Crippen molar-refractivity contribution >= 4 is 11.6 Å². The minimum absolute atomic E-state index is 0.270. The molecule has 1 aromatic carbocycles. The van der Waals surface area contributed by atoms with Crippen molar-refractivity contribution in [2.45, 2.75) is 12.1 Å². The number of nitrogens with one attached hydrogen (secondary N) is 1. The first-order valence-corrected chi connectivity index (χ1v) is 5.75. The van der Waals surface area contributed by atoms with E-state index in [1.807, 2.05) is 6.07 Å². The summed E-state index contributed by atoms with van der Waals surface area (Å²) in [6, 6.07) is 6.83. The molecular formula is C12H15ClN2O3. The van der Waals surface area contributed by atoms with Crippen molar-refractivity contribution in [1.29, 1.82) is 5.26 Å². The molecule has 0 aliphatic heterocycles. The lowest BCUT2D eigenvalue weighted by Crippen LogP contribution is -2.54. The van der Waals surface area contributed by atoms with E-state index >= 15 is 0 Å². The molecule has 0 amide bonds. The molecule has 4 N–H and O–H groups in total. The molecule has 0 spiro atoms. The molecule has 0 bridgehead atoms. The summed E-state index contributed by atoms with van der Waals surface area (Å²) in [7, 11) is 0. The second-order valence-corrected chi connectivity index (χ2v) is 4.43. The zero-order valence-corrected chi connectivity index (χ0v) is 10.5. The van der Waals surface area contributed by atoms with Crippen molar-refractivity contribution in [3.05, 3.63) is 34.3 Å². The van der Waals surface area contributed by atoms with Crippen molar-refractivity contribution in [2.75, 3.05) is 19.8 Å². The van der Waals surface area contributed by atoms with Crippen LogP contribution in [-0.2, 0) is 6.54 Å². The number of nitrogens with zero attached hydrogens (tertiary/aromatic N) is 1. The Bertz CT molecular complexity index is 433. The Balaban J connectivity index is 2.77. The number of benzene rings is 1. The van der Waals surface area contributed by atoms with Gasteiger partial charge in [-0.2, -0.15) is 5.26 Å². The van der Waals surface area contributed by atoms with Crippen LogP contribution in [0.15, 0.2) is 18.2 Å². The van der Waals surface area contributed by atoms with Crippen LogP contribution < -0.4 is 5.32 Å². The third-order valence-corrected chi connectivity index (χ3v) is 3.10. The Kier molecular flexibility index (Phi) is 5.54. The molecule has 0 aliphatic rings. The molecule has 0 radical (unpaired) electrons. The van der Waals surface area contributed by atoms with Crippen LogP contribution in [0.5, 0.6) is 0 Å². The maximum atomic E-state index is 9.15. The summed E-state index contributed by atoms with van der Waals surface area (Å²) in [6.45, 7) is -0.915. The summed E-state index contributed by atoms with van der Waals surface area (Å²) in [5.74, 6) is 0. The zero-order valence-electron chi connectivity index (χ0n) is 9.73. The van der Waals surface area contributed by atoms with E-state index in [-0.39, 0.29) is 6.54 Å². The summed E-state index contributed by atoms with van der Waals surface area (Å²) >= 11 is 5.99. The first-order valence-electron chi connectivity index (χ1n) is 5.37. The average molecular weight is 271 g/mol. The molecule has 18 heavy (non-hydrogen) atoms. The normalized spacial score (nSPS) is 11.3. The van der Waals surface area contributed by atoms with Gasteiger partial charge in [0.05, 0.1) is 37.0 Å². The average Bonchev–Trinajstić information content (AvgIpc) is 2.42. The van der Waals surface area contributed by atoms with Gasteiger partial charge in [-0.1, -0.05) is 17.7 Å². The lowest BCUT2D eigenvalue weighted by Gasteiger charge is -2.29. The number of hydrogen-bond acceptors (Lipinski definition) is 5. The monoisotopic (exact) mass is 270 g/mol. The van der Waals surface area contributed by atoms with E-state index in [0.717, 1.165) is 5.56 Å². The molecular weight excluding hydrogens is 256 g/mol. The van der Waals surface area contributed by atoms with Gasteiger partial charge < -0.3 is 20.6 Å². The smallest absolute Gasteiger partial charge is 0.0992 e. The van der Waals surface area contributed by atoms with E-state index in [0.29, 0.717) is 10.6 Å². The van der Waals surface area contributed by atoms with Gasteiger partial charge in [-0.3, -0.25) is 0 Å². The third-order valence-electron chi connectivity index (χ3n) is 2.74. The number of halogens is 1. The predicted molar refractivity (Wildman–Crippen MR) is 67.0 cm³/mol. The lowest BCUT2D eigenvalue weighted by molar-refractivity contribution is 0.0414. The van der Waals surface area contributed by atoms with Crippen LogP contribution in [0.1, 0.15) is 11.1 Å². The van der Waals surface area contributed by atoms with E-state index < -0.39 is 25.4 Å². The van der Waals surface area contributed by atoms with E-state index in [1.54, 1.807) is 12.1 Å². The topological polar surface area (TPSA) is 96.5 Å². The van der Waals surface area contributed by atoms with Crippen molar-refractivity contribution in [3.8, 4) is 6.07 Å². The Labute approximate surface area is 110 Å². The van der Waals surface area contributed by atoms with Crippen LogP contribution in [0.25, 0.3) is 0 Å². The van der Waals surface area contributed by atoms with E-state index in [4.69, 9.17) is 32.2 Å². The first-order chi connectivity index (χ1) is 8.60. The fraction of sp³-hybridized carbons (Fsp3) is 0.417. The molecule has 1 rings (SSSR count). The number of nitriles is 1. The van der Waals surface area contributed by atoms with Crippen molar-refractivity contribution in [3.63, 3.8) is 0 Å². The van der Waals surface area contributed by atoms with Crippen molar-refractivity contribution < 1.29 is 15.3 Å². The van der Waals surface area contributed by atoms with E-state index in [1.165, 1.54) is 6.07 Å². The first kappa shape index (κ1) is 14.9. The largest absolute Gasteiger partial charge is 0.394 e. The standard InChI is InChI=1S/C12H15ClN2O3/c13-11-3-9(4-14)1-2-10(11)5-15-12(6-16,7-17)8-18/h1-3,15-18H,5-8H2. The van der Waals surface area contributed by atoms with Gasteiger partial charge in [0, 0.05) is 11.6 Å². The molecule has 0 saturated carbocycles. The van der Waals surface area contributed by atoms with Crippen LogP contribution in [0, 0.1) is 11.3 Å². The number of aliphatic hydroxyl groups is 3. The molecule has 0 aromatic heterocycles. The molecule has 1 aromatic rings. The lowest BCUT2D eigenvalue weighted by atomic mass is 10.0. The second kappa shape index (κ2) is 6.69. The molecule has 6 heteroatoms. The molecule has 0 unspecified atom stereocenters. The fourth-order valence-corrected chi connectivity index (χ4v) is 1.61. The molecule has 0 atom stereocenters. The van der Waals surface area contributed by atoms with Gasteiger partial charge in [0.2, 0.25) is 0 Å². The highest BCUT2D eigenvalue weighted by Crippen LogP contribution is 2.18. The molecule has 0 fully saturated rings. The van der Waals surface area contributed by atoms with Gasteiger partial charge in [0.25, 0.3) is 0 Å². The third kappa shape index (κ3) is 3.42. The molecule has 0 heterocycles. The van der Waals surface area contributed by atoms with E-state index in [9.17, 15) is 0 Å². The molecule has 0 saturated heterocycles. The highest BCUT2D eigenvalue weighted by atomic mass is 35.5. The molecule has 98 valence electrons. The van der Waals surface area contributed by atoms with Crippen LogP contribution in [0.2, 0.25) is 5.02 Å². The fourth-order valence-electron chi connectivity index (χ4n) is 1.36. The van der Waals surface area contributed by atoms with Crippen molar-refractivity contribution in [1.82, 2.24) is 5.32 Å². The Morgan fingerprint density at radius 2 is 1.83 bits per heavy atom. The maximum absolute atomic E-state index is 9.15. The van der Waals surface area contributed by atoms with Crippen LogP contribution >= 0.6 is 11.6 Å². The Hall–Kier alpha value is -1.16. The SMILES string of the molecule is N#Cc1ccc(CNC(CO)(CO)CO)c(Cl)c1. The highest BCUT2D eigenvalue weighted by molar-refractivity contribution is 6.31. The Morgan fingerprint density at radius 3 is 2.28 bits per heavy atom. The summed E-state index contributed by atoms with van der Waals surface area (Å²) < 4.78 is 0. The van der Waals surface area contributed by atoms with Gasteiger partial charge in [-0.05, 0) is 17.7 Å². The summed E-state index contributed by atoms with van der Waals surface area (Å²) in [6.07, 6.45) is 0. The van der Waals surface area contributed by atoms with Crippen molar-refractivity contribution in [2.24, 2.45) is 0 Å². The maximum Gasteiger partial charge on any atom is 0.0992 e. The summed E-state index contributed by atoms with van der Waals surface area (Å²) in [4.78, 5) is 0. The van der Waals surface area contributed by atoms with Gasteiger partial charge >= 0.3 is 0 Å². The van der Waals surface area contributed by atoms with Gasteiger partial charge in [-0.15, -0.1) is 0 Å². The van der Waals surface area contributed by atoms with Gasteiger partial charge in [0.1, 0.15) is 0 Å². The highest BCUT2D eigenvalue weighted by Gasteiger charge is 2.27. The van der Waals surface area contributed by atoms with E-state index in [2.05, 4.69) is 5.32 Å². The summed E-state index contributed by atoms with van der Waals surface area (Å²) in [5, 5.41) is 39.4. The van der Waals surface area contributed by atoms with Crippen LogP contribution in [0.3, 0.4) is 0 Å². The van der Waals surface area contributed by atoms with Crippen LogP contribution in [0.4, 0.5) is 0 Å². The predicted octanol–water partition coefficient (Wildman–Crippen LogP) is 0.0170. The number of rotatable bonds is 6. The quantitative estimate of drug-likeness (QED) is 0.584.